The summed E-state index contributed by atoms with van der Waals surface area (Å²) in [6, 6.07) is 14.0. The highest BCUT2D eigenvalue weighted by Crippen LogP contribution is 2.30. The number of carbonyl (C=O) groups excluding carboxylic acids is 3. The van der Waals surface area contributed by atoms with Gasteiger partial charge in [0.15, 0.2) is 0 Å². The molecule has 13 heteroatoms. The molecule has 0 radical (unpaired) electrons. The lowest BCUT2D eigenvalue weighted by Gasteiger charge is -2.32. The minimum Gasteiger partial charge on any atom is -0.354 e. The number of nitrogens with one attached hydrogen (secondary N) is 3. The molecule has 2 aromatic carbocycles. The molecule has 42 heavy (non-hydrogen) atoms. The maximum Gasteiger partial charge on any atom is 0.262 e. The fourth-order valence-electron chi connectivity index (χ4n) is 4.65. The quantitative estimate of drug-likeness (QED) is 0.262. The molecule has 1 aliphatic heterocycles. The third-order valence-electron chi connectivity index (χ3n) is 6.88. The molecule has 0 bridgehead atoms. The zero-order valence-electron chi connectivity index (χ0n) is 24.3. The topological polar surface area (TPSA) is 110 Å². The number of anilines is 1. The first-order valence-electron chi connectivity index (χ1n) is 13.4. The second kappa shape index (κ2) is 16.4. The third kappa shape index (κ3) is 8.65. The lowest BCUT2D eigenvalue weighted by molar-refractivity contribution is -0.145. The molecule has 1 aromatic heterocycles. The molecule has 0 spiro atoms. The Morgan fingerprint density at radius 2 is 1.71 bits per heavy atom. The van der Waals surface area contributed by atoms with Gasteiger partial charge in [-0.3, -0.25) is 19.4 Å². The molecule has 0 unspecified atom stereocenters. The SMILES string of the molecule is CCNCCNC(=O)CN(CC(=O)N(C)N1Cc2ccccc2C1)c1ccc(-c2ncc(C(=O)NC)s2)cc1C.Cl.Cl. The summed E-state index contributed by atoms with van der Waals surface area (Å²) < 4.78 is 0. The maximum absolute atomic E-state index is 13.5. The van der Waals surface area contributed by atoms with Gasteiger partial charge in [-0.05, 0) is 48.4 Å². The summed E-state index contributed by atoms with van der Waals surface area (Å²) in [5, 5.41) is 13.2. The van der Waals surface area contributed by atoms with Gasteiger partial charge in [0.25, 0.3) is 11.8 Å². The normalized spacial score (nSPS) is 12.0. The van der Waals surface area contributed by atoms with Gasteiger partial charge in [0.2, 0.25) is 5.91 Å². The summed E-state index contributed by atoms with van der Waals surface area (Å²) in [5.41, 5.74) is 4.99. The van der Waals surface area contributed by atoms with Crippen LogP contribution in [-0.4, -0.2) is 79.5 Å². The number of benzene rings is 2. The van der Waals surface area contributed by atoms with Crippen molar-refractivity contribution >= 4 is 59.6 Å². The highest BCUT2D eigenvalue weighted by atomic mass is 35.5. The van der Waals surface area contributed by atoms with Gasteiger partial charge in [-0.2, -0.15) is 0 Å². The van der Waals surface area contributed by atoms with Crippen LogP contribution in [-0.2, 0) is 22.7 Å². The minimum atomic E-state index is -0.174. The van der Waals surface area contributed by atoms with E-state index in [2.05, 4.69) is 33.1 Å². The van der Waals surface area contributed by atoms with Gasteiger partial charge < -0.3 is 20.9 Å². The number of carbonyl (C=O) groups is 3. The highest BCUT2D eigenvalue weighted by molar-refractivity contribution is 7.16. The van der Waals surface area contributed by atoms with E-state index in [1.165, 1.54) is 22.5 Å². The van der Waals surface area contributed by atoms with Crippen molar-refractivity contribution < 1.29 is 14.4 Å². The van der Waals surface area contributed by atoms with Gasteiger partial charge in [0.1, 0.15) is 9.88 Å². The Kier molecular flexibility index (Phi) is 13.7. The number of hydrogen-bond acceptors (Lipinski definition) is 8. The smallest absolute Gasteiger partial charge is 0.262 e. The lowest BCUT2D eigenvalue weighted by atomic mass is 10.1. The van der Waals surface area contributed by atoms with Crippen molar-refractivity contribution in [1.82, 2.24) is 31.0 Å². The second-order valence-corrected chi connectivity index (χ2v) is 10.7. The molecular weight excluding hydrogens is 597 g/mol. The number of hydrazine groups is 1. The van der Waals surface area contributed by atoms with Gasteiger partial charge in [-0.15, -0.1) is 36.2 Å². The molecule has 3 N–H and O–H groups in total. The number of rotatable bonds is 12. The molecular formula is C29H39Cl2N7O3S. The fourth-order valence-corrected chi connectivity index (χ4v) is 5.51. The first kappa shape index (κ1) is 35.0. The number of nitrogens with zero attached hydrogens (tertiary/aromatic N) is 4. The van der Waals surface area contributed by atoms with Crippen LogP contribution in [0, 0.1) is 6.92 Å². The molecule has 0 fully saturated rings. The van der Waals surface area contributed by atoms with Crippen LogP contribution in [0.4, 0.5) is 5.69 Å². The number of thiazole rings is 1. The van der Waals surface area contributed by atoms with Crippen molar-refractivity contribution in [2.24, 2.45) is 0 Å². The minimum absolute atomic E-state index is 0. The second-order valence-electron chi connectivity index (χ2n) is 9.68. The molecule has 2 heterocycles. The largest absolute Gasteiger partial charge is 0.354 e. The van der Waals surface area contributed by atoms with Crippen LogP contribution < -0.4 is 20.9 Å². The molecule has 10 nitrogen and oxygen atoms in total. The van der Waals surface area contributed by atoms with Gasteiger partial charge in [-0.1, -0.05) is 31.2 Å². The summed E-state index contributed by atoms with van der Waals surface area (Å²) in [5.74, 6) is -0.431. The fraction of sp³-hybridized carbons (Fsp3) is 0.379. The van der Waals surface area contributed by atoms with Crippen molar-refractivity contribution in [2.45, 2.75) is 26.9 Å². The monoisotopic (exact) mass is 635 g/mol. The van der Waals surface area contributed by atoms with Crippen LogP contribution in [0.5, 0.6) is 0 Å². The van der Waals surface area contributed by atoms with Gasteiger partial charge in [-0.25, -0.2) is 9.99 Å². The number of halogens is 2. The number of fused-ring (bicyclic) bond motifs is 1. The maximum atomic E-state index is 13.5. The van der Waals surface area contributed by atoms with Gasteiger partial charge >= 0.3 is 0 Å². The molecule has 4 rings (SSSR count). The van der Waals surface area contributed by atoms with Crippen LogP contribution in [0.2, 0.25) is 0 Å². The van der Waals surface area contributed by atoms with E-state index in [9.17, 15) is 14.4 Å². The summed E-state index contributed by atoms with van der Waals surface area (Å²) >= 11 is 1.32. The van der Waals surface area contributed by atoms with E-state index in [0.29, 0.717) is 31.1 Å². The number of likely N-dealkylation sites (N-methyl/N-ethyl adjacent to an activating group) is 2. The van der Waals surface area contributed by atoms with Gasteiger partial charge in [0.05, 0.1) is 19.3 Å². The van der Waals surface area contributed by atoms with E-state index in [1.54, 1.807) is 25.3 Å². The van der Waals surface area contributed by atoms with Crippen LogP contribution in [0.25, 0.3) is 10.6 Å². The van der Waals surface area contributed by atoms with Crippen molar-refractivity contribution in [3.8, 4) is 10.6 Å². The Labute approximate surface area is 263 Å². The van der Waals surface area contributed by atoms with E-state index in [-0.39, 0.29) is 55.6 Å². The molecule has 3 amide bonds. The van der Waals surface area contributed by atoms with Crippen molar-refractivity contribution in [3.05, 3.63) is 70.2 Å². The zero-order valence-corrected chi connectivity index (χ0v) is 26.8. The standard InChI is InChI=1S/C29H37N7O3S.2ClH/c1-5-31-12-13-32-26(37)18-35(19-27(38)34(4)36-16-22-8-6-7-9-23(22)17-36)24-11-10-21(14-20(24)2)29-33-15-25(40-29)28(39)30-3;;/h6-11,14-15,31H,5,12-13,16-19H2,1-4H3,(H,30,39)(H,32,37);2*1H. The van der Waals surface area contributed by atoms with E-state index in [1.807, 2.05) is 54.1 Å². The highest BCUT2D eigenvalue weighted by Gasteiger charge is 2.27. The summed E-state index contributed by atoms with van der Waals surface area (Å²) in [7, 11) is 3.37. The molecule has 1 aliphatic rings. The number of aromatic nitrogens is 1. The molecule has 3 aromatic rings. The Bertz CT molecular complexity index is 1350. The van der Waals surface area contributed by atoms with E-state index in [4.69, 9.17) is 0 Å². The molecule has 0 atom stereocenters. The molecule has 0 saturated heterocycles. The van der Waals surface area contributed by atoms with Crippen LogP contribution in [0.3, 0.4) is 0 Å². The van der Waals surface area contributed by atoms with Crippen molar-refractivity contribution in [2.75, 3.05) is 51.7 Å². The number of amides is 3. The van der Waals surface area contributed by atoms with Crippen LogP contribution in [0.15, 0.2) is 48.7 Å². The van der Waals surface area contributed by atoms with Crippen LogP contribution >= 0.6 is 36.2 Å². The average Bonchev–Trinajstić information content (AvgIpc) is 3.62. The summed E-state index contributed by atoms with van der Waals surface area (Å²) in [6.45, 7) is 7.42. The predicted molar refractivity (Wildman–Crippen MR) is 172 cm³/mol. The Balaban J connectivity index is 0.00000308. The Hall–Kier alpha value is -3.22. The average molecular weight is 637 g/mol. The first-order chi connectivity index (χ1) is 19.3. The van der Waals surface area contributed by atoms with Crippen molar-refractivity contribution in [3.63, 3.8) is 0 Å². The van der Waals surface area contributed by atoms with Crippen molar-refractivity contribution in [1.29, 1.82) is 0 Å². The molecule has 0 aliphatic carbocycles. The van der Waals surface area contributed by atoms with E-state index >= 15 is 0 Å². The number of aryl methyl sites for hydroxylation is 1. The third-order valence-corrected chi connectivity index (χ3v) is 7.93. The Morgan fingerprint density at radius 1 is 1.02 bits per heavy atom. The zero-order chi connectivity index (χ0) is 28.6. The molecule has 228 valence electrons. The summed E-state index contributed by atoms with van der Waals surface area (Å²) in [4.78, 5) is 45.1. The Morgan fingerprint density at radius 3 is 2.33 bits per heavy atom. The van der Waals surface area contributed by atoms with E-state index < -0.39 is 0 Å². The summed E-state index contributed by atoms with van der Waals surface area (Å²) in [6.07, 6.45) is 1.57. The lowest BCUT2D eigenvalue weighted by Crippen LogP contribution is -2.48. The van der Waals surface area contributed by atoms with Gasteiger partial charge in [0, 0.05) is 51.5 Å². The number of hydrogen-bond donors (Lipinski definition) is 3. The van der Waals surface area contributed by atoms with E-state index in [0.717, 1.165) is 28.4 Å². The predicted octanol–water partition coefficient (Wildman–Crippen LogP) is 3.24. The molecule has 0 saturated carbocycles. The van der Waals surface area contributed by atoms with Crippen LogP contribution in [0.1, 0.15) is 33.3 Å². The first-order valence-corrected chi connectivity index (χ1v) is 14.2.